The number of carboxylic acid groups (broad SMARTS) is 1. The van der Waals surface area contributed by atoms with Crippen LogP contribution in [0, 0.1) is 0 Å². The lowest BCUT2D eigenvalue weighted by Crippen LogP contribution is -2.58. The molecule has 8 amide bonds. The smallest absolute Gasteiger partial charge is 0.326 e. The van der Waals surface area contributed by atoms with Gasteiger partial charge in [-0.05, 0) is 38.6 Å². The zero-order valence-electron chi connectivity index (χ0n) is 30.2. The van der Waals surface area contributed by atoms with Gasteiger partial charge in [-0.25, -0.2) is 9.78 Å². The summed E-state index contributed by atoms with van der Waals surface area (Å²) in [5, 5.41) is 23.5. The summed E-state index contributed by atoms with van der Waals surface area (Å²) in [5.41, 5.74) is 17.5. The minimum absolute atomic E-state index is 0.00580. The van der Waals surface area contributed by atoms with Crippen LogP contribution in [0.15, 0.2) is 12.5 Å². The molecule has 0 saturated carbocycles. The number of nitrogens with one attached hydrogen (secondary N) is 7. The Morgan fingerprint density at radius 3 is 2.20 bits per heavy atom. The van der Waals surface area contributed by atoms with Gasteiger partial charge in [0.25, 0.3) is 0 Å². The normalized spacial score (nSPS) is 15.8. The van der Waals surface area contributed by atoms with Crippen molar-refractivity contribution >= 4 is 53.2 Å². The molecule has 14 N–H and O–H groups in total. The number of imidazole rings is 1. The Balaban J connectivity index is 1.96. The molecule has 0 aromatic carbocycles. The summed E-state index contributed by atoms with van der Waals surface area (Å²) in [6, 6.07) is -5.95. The van der Waals surface area contributed by atoms with E-state index in [2.05, 4.69) is 41.9 Å². The van der Waals surface area contributed by atoms with E-state index in [1.807, 2.05) is 6.92 Å². The first-order valence-electron chi connectivity index (χ1n) is 17.6. The van der Waals surface area contributed by atoms with E-state index in [9.17, 15) is 48.3 Å². The van der Waals surface area contributed by atoms with Crippen LogP contribution in [0.5, 0.6) is 0 Å². The van der Waals surface area contributed by atoms with Crippen molar-refractivity contribution in [2.75, 3.05) is 32.7 Å². The summed E-state index contributed by atoms with van der Waals surface area (Å²) in [4.78, 5) is 121. The predicted octanol–water partition coefficient (Wildman–Crippen LogP) is -5.04. The Morgan fingerprint density at radius 2 is 1.57 bits per heavy atom. The highest BCUT2D eigenvalue weighted by molar-refractivity contribution is 5.97. The molecule has 0 spiro atoms. The Labute approximate surface area is 311 Å². The number of rotatable bonds is 24. The second-order valence-corrected chi connectivity index (χ2v) is 12.7. The van der Waals surface area contributed by atoms with Crippen LogP contribution in [-0.4, -0.2) is 136 Å². The van der Waals surface area contributed by atoms with E-state index >= 15 is 0 Å². The molecule has 300 valence electrons. The van der Waals surface area contributed by atoms with Gasteiger partial charge in [-0.3, -0.25) is 38.4 Å². The van der Waals surface area contributed by atoms with Gasteiger partial charge in [0.2, 0.25) is 47.3 Å². The number of hydrogen-bond acceptors (Lipinski definition) is 12. The van der Waals surface area contributed by atoms with Gasteiger partial charge in [-0.15, -0.1) is 0 Å². The summed E-state index contributed by atoms with van der Waals surface area (Å²) < 4.78 is 0. The van der Waals surface area contributed by atoms with Crippen LogP contribution in [0.1, 0.15) is 64.0 Å². The van der Waals surface area contributed by atoms with Gasteiger partial charge in [-0.2, -0.15) is 0 Å². The van der Waals surface area contributed by atoms with Crippen LogP contribution in [-0.2, 0) is 49.6 Å². The third-order valence-corrected chi connectivity index (χ3v) is 8.34. The fourth-order valence-electron chi connectivity index (χ4n) is 5.44. The topological polar surface area (TPSA) is 356 Å². The molecule has 1 fully saturated rings. The lowest BCUT2D eigenvalue weighted by Gasteiger charge is -2.27. The van der Waals surface area contributed by atoms with Crippen molar-refractivity contribution in [1.82, 2.24) is 46.8 Å². The van der Waals surface area contributed by atoms with E-state index < -0.39 is 109 Å². The number of amides is 8. The van der Waals surface area contributed by atoms with Crippen LogP contribution in [0.25, 0.3) is 0 Å². The number of carbonyl (C=O) groups is 9. The van der Waals surface area contributed by atoms with Gasteiger partial charge in [0, 0.05) is 24.9 Å². The Morgan fingerprint density at radius 1 is 0.889 bits per heavy atom. The van der Waals surface area contributed by atoms with Crippen LogP contribution in [0.4, 0.5) is 0 Å². The maximum absolute atomic E-state index is 13.3. The van der Waals surface area contributed by atoms with Crippen LogP contribution >= 0.6 is 0 Å². The number of unbranched alkanes of at least 4 members (excludes halogenated alkanes) is 1. The maximum atomic E-state index is 13.3. The molecule has 0 radical (unpaired) electrons. The number of carbonyl (C=O) groups excluding carboxylic acids is 8. The first-order chi connectivity index (χ1) is 25.7. The molecule has 1 aliphatic heterocycles. The molecular formula is C32H52N12O10. The molecule has 0 aliphatic carbocycles. The molecule has 22 nitrogen and oxygen atoms in total. The standard InChI is InChI=1S/C32H52N12O10/c1-2-3-6-21(32(53)54)41-26(47)15-37-25(46)14-38-29(50)20(7-4-9-33)42-30(51)22(12-24(35)45)43-31(52)23-8-5-10-44(23)27(48)16-39-28(49)19(34)11-18-13-36-17-40-18/h13,17,19-23H,2-12,14-16,33-34H2,1H3,(H2,35,45)(H,36,40)(H,37,46)(H,38,50)(H,39,49)(H,41,47)(H,42,51)(H,43,52)(H,53,54)/t19-,20-,21-,22-,23-/m0/s1. The molecule has 1 aliphatic rings. The lowest BCUT2D eigenvalue weighted by molar-refractivity contribution is -0.142. The number of nitrogens with two attached hydrogens (primary N) is 3. The van der Waals surface area contributed by atoms with Gasteiger partial charge in [0.1, 0.15) is 24.2 Å². The number of aromatic nitrogens is 2. The highest BCUT2D eigenvalue weighted by Crippen LogP contribution is 2.18. The van der Waals surface area contributed by atoms with E-state index in [1.165, 1.54) is 17.4 Å². The minimum Gasteiger partial charge on any atom is -0.480 e. The second-order valence-electron chi connectivity index (χ2n) is 12.7. The van der Waals surface area contributed by atoms with Crippen LogP contribution in [0.2, 0.25) is 0 Å². The third kappa shape index (κ3) is 15.5. The summed E-state index contributed by atoms with van der Waals surface area (Å²) in [6.45, 7) is 0.576. The van der Waals surface area contributed by atoms with Gasteiger partial charge >= 0.3 is 5.97 Å². The van der Waals surface area contributed by atoms with Crippen molar-refractivity contribution < 1.29 is 48.3 Å². The number of aromatic amines is 1. The number of hydrogen-bond donors (Lipinski definition) is 11. The number of nitrogens with zero attached hydrogens (tertiary/aromatic N) is 2. The molecule has 54 heavy (non-hydrogen) atoms. The number of primary amides is 1. The monoisotopic (exact) mass is 764 g/mol. The highest BCUT2D eigenvalue weighted by Gasteiger charge is 2.37. The predicted molar refractivity (Wildman–Crippen MR) is 189 cm³/mol. The van der Waals surface area contributed by atoms with Crippen molar-refractivity contribution in [3.05, 3.63) is 18.2 Å². The fraction of sp³-hybridized carbons (Fsp3) is 0.625. The molecule has 22 heteroatoms. The average molecular weight is 765 g/mol. The van der Waals surface area contributed by atoms with E-state index in [-0.39, 0.29) is 45.2 Å². The van der Waals surface area contributed by atoms with E-state index in [0.29, 0.717) is 18.5 Å². The van der Waals surface area contributed by atoms with Crippen molar-refractivity contribution in [2.45, 2.75) is 94.9 Å². The number of carboxylic acids is 1. The first-order valence-corrected chi connectivity index (χ1v) is 17.6. The zero-order chi connectivity index (χ0) is 40.2. The van der Waals surface area contributed by atoms with E-state index in [0.717, 1.165) is 6.42 Å². The molecule has 0 bridgehead atoms. The fourth-order valence-corrected chi connectivity index (χ4v) is 5.44. The highest BCUT2D eigenvalue weighted by atomic mass is 16.4. The Kier molecular flexibility index (Phi) is 19.1. The van der Waals surface area contributed by atoms with Crippen LogP contribution < -0.4 is 49.1 Å². The SMILES string of the molecule is CCCC[C@H](NC(=O)CNC(=O)CNC(=O)[C@H](CCCN)NC(=O)[C@H](CC(N)=O)NC(=O)[C@@H]1CCCN1C(=O)CNC(=O)[C@@H](N)Cc1cnc[nH]1)C(=O)O. The molecule has 1 aromatic heterocycles. The molecule has 0 unspecified atom stereocenters. The van der Waals surface area contributed by atoms with Crippen molar-refractivity contribution in [1.29, 1.82) is 0 Å². The Bertz CT molecular complexity index is 1470. The minimum atomic E-state index is -1.55. The number of H-pyrrole nitrogens is 1. The molecule has 2 rings (SSSR count). The maximum Gasteiger partial charge on any atom is 0.326 e. The van der Waals surface area contributed by atoms with Crippen molar-refractivity contribution in [3.8, 4) is 0 Å². The van der Waals surface area contributed by atoms with Crippen LogP contribution in [0.3, 0.4) is 0 Å². The summed E-state index contributed by atoms with van der Waals surface area (Å²) in [7, 11) is 0. The van der Waals surface area contributed by atoms with Gasteiger partial charge < -0.3 is 64.1 Å². The molecule has 5 atom stereocenters. The van der Waals surface area contributed by atoms with Gasteiger partial charge in [0.15, 0.2) is 0 Å². The molecule has 1 saturated heterocycles. The zero-order valence-corrected chi connectivity index (χ0v) is 30.2. The second kappa shape index (κ2) is 23.1. The molecule has 1 aromatic rings. The number of aliphatic carboxylic acids is 1. The number of likely N-dealkylation sites (tertiary alicyclic amines) is 1. The van der Waals surface area contributed by atoms with E-state index in [1.54, 1.807) is 0 Å². The average Bonchev–Trinajstić information content (AvgIpc) is 3.84. The van der Waals surface area contributed by atoms with Crippen molar-refractivity contribution in [2.24, 2.45) is 17.2 Å². The largest absolute Gasteiger partial charge is 0.480 e. The third-order valence-electron chi connectivity index (χ3n) is 8.34. The Hall–Kier alpha value is -5.64. The first kappa shape index (κ1) is 44.5. The quantitative estimate of drug-likeness (QED) is 0.0470. The molecule has 2 heterocycles. The summed E-state index contributed by atoms with van der Waals surface area (Å²) in [6.07, 6.45) is 4.87. The summed E-state index contributed by atoms with van der Waals surface area (Å²) in [5.74, 6) is -7.40. The van der Waals surface area contributed by atoms with Gasteiger partial charge in [-0.1, -0.05) is 19.8 Å². The lowest BCUT2D eigenvalue weighted by atomic mass is 10.1. The van der Waals surface area contributed by atoms with Crippen molar-refractivity contribution in [3.63, 3.8) is 0 Å². The van der Waals surface area contributed by atoms with E-state index in [4.69, 9.17) is 17.2 Å². The molecular weight excluding hydrogens is 712 g/mol. The summed E-state index contributed by atoms with van der Waals surface area (Å²) >= 11 is 0. The van der Waals surface area contributed by atoms with Gasteiger partial charge in [0.05, 0.1) is 38.4 Å².